The van der Waals surface area contributed by atoms with Crippen LogP contribution in [0.25, 0.3) is 22.8 Å². The average molecular weight is 381 g/mol. The van der Waals surface area contributed by atoms with Crippen LogP contribution in [0, 0.1) is 0 Å². The van der Waals surface area contributed by atoms with Crippen molar-refractivity contribution in [2.45, 2.75) is 6.92 Å². The van der Waals surface area contributed by atoms with Crippen molar-refractivity contribution >= 4 is 22.4 Å². The summed E-state index contributed by atoms with van der Waals surface area (Å²) in [6.45, 7) is 2.56. The van der Waals surface area contributed by atoms with E-state index >= 15 is 0 Å². The third kappa shape index (κ3) is 3.75. The maximum Gasteiger partial charge on any atom is 0.279 e. The first-order chi connectivity index (χ1) is 13.2. The van der Waals surface area contributed by atoms with Gasteiger partial charge in [0, 0.05) is 17.0 Å². The molecule has 0 unspecified atom stereocenters. The smallest absolute Gasteiger partial charge is 0.279 e. The number of nitrogens with one attached hydrogen (secondary N) is 1. The predicted molar refractivity (Wildman–Crippen MR) is 101 cm³/mol. The summed E-state index contributed by atoms with van der Waals surface area (Å²) in [4.78, 5) is 16.8. The highest BCUT2D eigenvalue weighted by atomic mass is 32.1. The minimum atomic E-state index is -0.399. The van der Waals surface area contributed by atoms with Gasteiger partial charge in [0.05, 0.1) is 18.6 Å². The van der Waals surface area contributed by atoms with Gasteiger partial charge >= 0.3 is 0 Å². The number of ether oxygens (including phenoxy) is 1. The molecule has 8 heteroatoms. The Bertz CT molecular complexity index is 1040. The molecule has 0 aliphatic heterocycles. The quantitative estimate of drug-likeness (QED) is 0.520. The van der Waals surface area contributed by atoms with Crippen molar-refractivity contribution in [1.29, 1.82) is 0 Å². The van der Waals surface area contributed by atoms with Gasteiger partial charge in [-0.2, -0.15) is 0 Å². The van der Waals surface area contributed by atoms with Gasteiger partial charge in [0.15, 0.2) is 16.6 Å². The first-order valence-corrected chi connectivity index (χ1v) is 9.11. The molecule has 0 spiro atoms. The zero-order valence-electron chi connectivity index (χ0n) is 14.3. The number of benzene rings is 1. The molecule has 0 saturated carbocycles. The molecule has 0 saturated heterocycles. The molecule has 1 amide bonds. The Balaban J connectivity index is 1.45. The van der Waals surface area contributed by atoms with Gasteiger partial charge in [0.25, 0.3) is 5.91 Å². The topological polar surface area (TPSA) is 90.4 Å². The molecule has 136 valence electrons. The van der Waals surface area contributed by atoms with Gasteiger partial charge < -0.3 is 13.7 Å². The van der Waals surface area contributed by atoms with Gasteiger partial charge in [-0.15, -0.1) is 11.3 Å². The summed E-state index contributed by atoms with van der Waals surface area (Å²) in [5.41, 5.74) is 1.87. The van der Waals surface area contributed by atoms with Gasteiger partial charge in [-0.25, -0.2) is 4.98 Å². The Morgan fingerprint density at radius 3 is 2.81 bits per heavy atom. The summed E-state index contributed by atoms with van der Waals surface area (Å²) < 4.78 is 15.8. The van der Waals surface area contributed by atoms with Crippen LogP contribution in [-0.2, 0) is 0 Å². The summed E-state index contributed by atoms with van der Waals surface area (Å²) in [7, 11) is 0. The molecule has 0 fully saturated rings. The monoisotopic (exact) mass is 381 g/mol. The maximum atomic E-state index is 12.3. The van der Waals surface area contributed by atoms with Crippen LogP contribution in [-0.4, -0.2) is 22.7 Å². The van der Waals surface area contributed by atoms with E-state index in [9.17, 15) is 4.79 Å². The maximum absolute atomic E-state index is 12.3. The first kappa shape index (κ1) is 17.0. The minimum Gasteiger partial charge on any atom is -0.494 e. The van der Waals surface area contributed by atoms with E-state index in [0.29, 0.717) is 23.3 Å². The third-order valence-electron chi connectivity index (χ3n) is 3.69. The molecule has 0 radical (unpaired) electrons. The molecule has 27 heavy (non-hydrogen) atoms. The van der Waals surface area contributed by atoms with Crippen LogP contribution in [0.2, 0.25) is 0 Å². The van der Waals surface area contributed by atoms with Crippen LogP contribution in [0.3, 0.4) is 0 Å². The highest BCUT2D eigenvalue weighted by molar-refractivity contribution is 7.14. The highest BCUT2D eigenvalue weighted by Gasteiger charge is 2.16. The molecule has 0 aliphatic rings. The van der Waals surface area contributed by atoms with E-state index in [-0.39, 0.29) is 5.69 Å². The second-order valence-electron chi connectivity index (χ2n) is 5.50. The van der Waals surface area contributed by atoms with Crippen LogP contribution in [0.1, 0.15) is 17.4 Å². The van der Waals surface area contributed by atoms with E-state index in [1.165, 1.54) is 23.7 Å². The van der Waals surface area contributed by atoms with Crippen molar-refractivity contribution in [3.05, 3.63) is 59.8 Å². The highest BCUT2D eigenvalue weighted by Crippen LogP contribution is 2.27. The molecular formula is C19H15N3O4S. The van der Waals surface area contributed by atoms with E-state index in [4.69, 9.17) is 13.7 Å². The number of carbonyl (C=O) groups is 1. The molecule has 3 heterocycles. The number of thiazole rings is 1. The Morgan fingerprint density at radius 1 is 1.22 bits per heavy atom. The number of rotatable bonds is 6. The van der Waals surface area contributed by atoms with Gasteiger partial charge in [0.2, 0.25) is 5.76 Å². The molecule has 7 nitrogen and oxygen atoms in total. The molecular weight excluding hydrogens is 366 g/mol. The predicted octanol–water partition coefficient (Wildman–Crippen LogP) is 4.71. The van der Waals surface area contributed by atoms with E-state index in [2.05, 4.69) is 15.5 Å². The van der Waals surface area contributed by atoms with Crippen LogP contribution < -0.4 is 10.1 Å². The Labute approximate surface area is 158 Å². The molecule has 3 aromatic heterocycles. The van der Waals surface area contributed by atoms with Gasteiger partial charge in [-0.3, -0.25) is 10.1 Å². The van der Waals surface area contributed by atoms with E-state index < -0.39 is 5.91 Å². The third-order valence-corrected chi connectivity index (χ3v) is 4.45. The van der Waals surface area contributed by atoms with Crippen molar-refractivity contribution < 1.29 is 18.5 Å². The van der Waals surface area contributed by atoms with Crippen LogP contribution in [0.15, 0.2) is 63.0 Å². The molecule has 4 rings (SSSR count). The van der Waals surface area contributed by atoms with Crippen molar-refractivity contribution in [3.63, 3.8) is 0 Å². The largest absolute Gasteiger partial charge is 0.494 e. The average Bonchev–Trinajstić information content (AvgIpc) is 3.43. The number of nitrogens with zero attached hydrogens (tertiary/aromatic N) is 2. The molecule has 1 N–H and O–H groups in total. The van der Waals surface area contributed by atoms with Gasteiger partial charge in [-0.1, -0.05) is 5.16 Å². The Morgan fingerprint density at radius 2 is 2.07 bits per heavy atom. The lowest BCUT2D eigenvalue weighted by atomic mass is 10.2. The zero-order valence-corrected chi connectivity index (χ0v) is 15.2. The van der Waals surface area contributed by atoms with E-state index in [0.717, 1.165) is 17.0 Å². The summed E-state index contributed by atoms with van der Waals surface area (Å²) in [6.07, 6.45) is 1.52. The van der Waals surface area contributed by atoms with Crippen molar-refractivity contribution in [1.82, 2.24) is 10.1 Å². The number of hydrogen-bond donors (Lipinski definition) is 1. The normalized spacial score (nSPS) is 10.7. The van der Waals surface area contributed by atoms with Crippen LogP contribution in [0.4, 0.5) is 5.13 Å². The second-order valence-corrected chi connectivity index (χ2v) is 6.36. The number of anilines is 1. The van der Waals surface area contributed by atoms with Crippen LogP contribution >= 0.6 is 11.3 Å². The fourth-order valence-electron chi connectivity index (χ4n) is 2.43. The second kappa shape index (κ2) is 7.46. The molecule has 0 atom stereocenters. The van der Waals surface area contributed by atoms with Crippen molar-refractivity contribution in [2.24, 2.45) is 0 Å². The minimum absolute atomic E-state index is 0.152. The summed E-state index contributed by atoms with van der Waals surface area (Å²) in [5.74, 6) is 1.31. The molecule has 0 aliphatic carbocycles. The number of aromatic nitrogens is 2. The number of amides is 1. The van der Waals surface area contributed by atoms with E-state index in [1.807, 2.05) is 36.6 Å². The summed E-state index contributed by atoms with van der Waals surface area (Å²) in [5, 5.41) is 8.86. The standard InChI is InChI=1S/C19H15N3O4S/c1-2-24-13-7-5-12(6-8-13)15-11-27-19(20-15)21-18(23)14-10-17(26-22-14)16-4-3-9-25-16/h3-11H,2H2,1H3,(H,20,21,23). The first-order valence-electron chi connectivity index (χ1n) is 8.23. The van der Waals surface area contributed by atoms with Crippen molar-refractivity contribution in [3.8, 4) is 28.5 Å². The fraction of sp³-hybridized carbons (Fsp3) is 0.105. The fourth-order valence-corrected chi connectivity index (χ4v) is 3.15. The van der Waals surface area contributed by atoms with Gasteiger partial charge in [0.1, 0.15) is 5.75 Å². The van der Waals surface area contributed by atoms with Crippen LogP contribution in [0.5, 0.6) is 5.75 Å². The molecule has 0 bridgehead atoms. The molecule has 4 aromatic rings. The zero-order chi connectivity index (χ0) is 18.6. The molecule has 1 aromatic carbocycles. The Kier molecular flexibility index (Phi) is 4.71. The summed E-state index contributed by atoms with van der Waals surface area (Å²) in [6, 6.07) is 12.6. The number of furan rings is 1. The van der Waals surface area contributed by atoms with Gasteiger partial charge in [-0.05, 0) is 43.3 Å². The number of hydrogen-bond acceptors (Lipinski definition) is 7. The number of carbonyl (C=O) groups excluding carboxylic acids is 1. The lowest BCUT2D eigenvalue weighted by Crippen LogP contribution is -2.11. The SMILES string of the molecule is CCOc1ccc(-c2csc(NC(=O)c3cc(-c4ccco4)on3)n2)cc1. The van der Waals surface area contributed by atoms with Crippen molar-refractivity contribution in [2.75, 3.05) is 11.9 Å². The lowest BCUT2D eigenvalue weighted by Gasteiger charge is -2.03. The van der Waals surface area contributed by atoms with E-state index in [1.54, 1.807) is 12.1 Å². The summed E-state index contributed by atoms with van der Waals surface area (Å²) >= 11 is 1.34. The Hall–Kier alpha value is -3.39. The lowest BCUT2D eigenvalue weighted by molar-refractivity contribution is 0.101.